The Morgan fingerprint density at radius 3 is 2.76 bits per heavy atom. The van der Waals surface area contributed by atoms with Gasteiger partial charge in [0.1, 0.15) is 0 Å². The average molecular weight is 291 g/mol. The van der Waals surface area contributed by atoms with Gasteiger partial charge in [-0.1, -0.05) is 34.1 Å². The van der Waals surface area contributed by atoms with Crippen LogP contribution in [0, 0.1) is 0 Å². The van der Waals surface area contributed by atoms with Gasteiger partial charge in [-0.25, -0.2) is 0 Å². The summed E-state index contributed by atoms with van der Waals surface area (Å²) in [4.78, 5) is 4.12. The molecule has 17 heavy (non-hydrogen) atoms. The lowest BCUT2D eigenvalue weighted by molar-refractivity contribution is 0.490. The minimum Gasteiger partial charge on any atom is -0.321 e. The molecular weight excluding hydrogens is 276 g/mol. The number of rotatable bonds is 3. The van der Waals surface area contributed by atoms with E-state index >= 15 is 0 Å². The number of halogens is 1. The monoisotopic (exact) mass is 290 g/mol. The molecule has 0 spiro atoms. The number of nitrogens with two attached hydrogens (primary N) is 1. The molecular formula is C14H15BrN2. The van der Waals surface area contributed by atoms with Crippen molar-refractivity contribution in [2.45, 2.75) is 18.9 Å². The lowest BCUT2D eigenvalue weighted by Gasteiger charge is -2.25. The summed E-state index contributed by atoms with van der Waals surface area (Å²) in [6.45, 7) is 2.04. The lowest BCUT2D eigenvalue weighted by atomic mass is 9.87. The van der Waals surface area contributed by atoms with E-state index < -0.39 is 0 Å². The van der Waals surface area contributed by atoms with Gasteiger partial charge in [-0.05, 0) is 42.7 Å². The van der Waals surface area contributed by atoms with E-state index in [1.54, 1.807) is 6.20 Å². The summed E-state index contributed by atoms with van der Waals surface area (Å²) in [5, 5.41) is 0. The number of hydrogen-bond donors (Lipinski definition) is 1. The Morgan fingerprint density at radius 2 is 2.12 bits per heavy atom. The molecule has 0 saturated heterocycles. The van der Waals surface area contributed by atoms with E-state index in [-0.39, 0.29) is 5.54 Å². The molecule has 2 N–H and O–H groups in total. The summed E-state index contributed by atoms with van der Waals surface area (Å²) in [7, 11) is 0. The van der Waals surface area contributed by atoms with Crippen molar-refractivity contribution in [3.63, 3.8) is 0 Å². The maximum absolute atomic E-state index is 6.39. The second-order valence-electron chi connectivity index (χ2n) is 4.47. The van der Waals surface area contributed by atoms with Gasteiger partial charge in [-0.2, -0.15) is 0 Å². The fraction of sp³-hybridized carbons (Fsp3) is 0.214. The van der Waals surface area contributed by atoms with Crippen LogP contribution in [0.2, 0.25) is 0 Å². The molecule has 1 aromatic carbocycles. The van der Waals surface area contributed by atoms with Crippen LogP contribution in [0.5, 0.6) is 0 Å². The Kier molecular flexibility index (Phi) is 3.60. The maximum Gasteiger partial charge on any atom is 0.0422 e. The van der Waals surface area contributed by atoms with Crippen LogP contribution in [-0.4, -0.2) is 4.98 Å². The zero-order chi connectivity index (χ0) is 12.3. The molecule has 88 valence electrons. The fourth-order valence-electron chi connectivity index (χ4n) is 1.87. The van der Waals surface area contributed by atoms with Gasteiger partial charge in [-0.15, -0.1) is 0 Å². The highest BCUT2D eigenvalue weighted by atomic mass is 79.9. The second kappa shape index (κ2) is 4.98. The van der Waals surface area contributed by atoms with E-state index in [1.165, 1.54) is 0 Å². The van der Waals surface area contributed by atoms with Crippen molar-refractivity contribution in [3.8, 4) is 0 Å². The van der Waals surface area contributed by atoms with Gasteiger partial charge in [0, 0.05) is 22.4 Å². The molecule has 1 heterocycles. The third kappa shape index (κ3) is 3.14. The first kappa shape index (κ1) is 12.3. The van der Waals surface area contributed by atoms with Crippen LogP contribution in [0.3, 0.4) is 0 Å². The first-order valence-electron chi connectivity index (χ1n) is 5.52. The number of aromatic nitrogens is 1. The van der Waals surface area contributed by atoms with Gasteiger partial charge in [0.25, 0.3) is 0 Å². The number of nitrogens with zero attached hydrogens (tertiary/aromatic N) is 1. The molecule has 1 aromatic heterocycles. The zero-order valence-corrected chi connectivity index (χ0v) is 11.3. The quantitative estimate of drug-likeness (QED) is 0.942. The normalized spacial score (nSPS) is 14.3. The van der Waals surface area contributed by atoms with Crippen LogP contribution < -0.4 is 5.73 Å². The molecule has 0 saturated carbocycles. The third-order valence-corrected chi connectivity index (χ3v) is 3.27. The summed E-state index contributed by atoms with van der Waals surface area (Å²) in [6, 6.07) is 12.1. The van der Waals surface area contributed by atoms with E-state index in [4.69, 9.17) is 5.73 Å². The molecule has 0 aliphatic heterocycles. The van der Waals surface area contributed by atoms with Crippen molar-refractivity contribution in [1.82, 2.24) is 4.98 Å². The maximum atomic E-state index is 6.39. The Bertz CT molecular complexity index is 495. The van der Waals surface area contributed by atoms with E-state index in [1.807, 2.05) is 31.3 Å². The Morgan fingerprint density at radius 1 is 1.29 bits per heavy atom. The van der Waals surface area contributed by atoms with Crippen LogP contribution in [-0.2, 0) is 12.0 Å². The van der Waals surface area contributed by atoms with Gasteiger partial charge in [0.15, 0.2) is 0 Å². The van der Waals surface area contributed by atoms with Crippen LogP contribution in [0.1, 0.15) is 18.1 Å². The number of benzene rings is 1. The van der Waals surface area contributed by atoms with Gasteiger partial charge >= 0.3 is 0 Å². The second-order valence-corrected chi connectivity index (χ2v) is 5.38. The van der Waals surface area contributed by atoms with Crippen molar-refractivity contribution in [2.75, 3.05) is 0 Å². The number of hydrogen-bond acceptors (Lipinski definition) is 2. The van der Waals surface area contributed by atoms with Crippen LogP contribution >= 0.6 is 15.9 Å². The molecule has 0 fully saturated rings. The predicted molar refractivity (Wildman–Crippen MR) is 73.6 cm³/mol. The zero-order valence-electron chi connectivity index (χ0n) is 9.73. The van der Waals surface area contributed by atoms with Crippen LogP contribution in [0.15, 0.2) is 53.3 Å². The summed E-state index contributed by atoms with van der Waals surface area (Å²) in [5.74, 6) is 0. The molecule has 2 rings (SSSR count). The summed E-state index contributed by atoms with van der Waals surface area (Å²) in [6.07, 6.45) is 4.41. The predicted octanol–water partition coefficient (Wildman–Crippen LogP) is 3.26. The SMILES string of the molecule is CC(N)(Cc1cccnc1)c1cccc(Br)c1. The highest BCUT2D eigenvalue weighted by Crippen LogP contribution is 2.24. The van der Waals surface area contributed by atoms with E-state index in [0.717, 1.165) is 22.0 Å². The largest absolute Gasteiger partial charge is 0.321 e. The van der Waals surface area contributed by atoms with E-state index in [2.05, 4.69) is 39.1 Å². The van der Waals surface area contributed by atoms with Crippen molar-refractivity contribution in [1.29, 1.82) is 0 Å². The molecule has 0 amide bonds. The van der Waals surface area contributed by atoms with Crippen molar-refractivity contribution in [3.05, 3.63) is 64.4 Å². The Labute approximate surface area is 110 Å². The molecule has 0 aliphatic rings. The van der Waals surface area contributed by atoms with Crippen LogP contribution in [0.4, 0.5) is 0 Å². The van der Waals surface area contributed by atoms with Crippen molar-refractivity contribution in [2.24, 2.45) is 5.73 Å². The first-order valence-corrected chi connectivity index (χ1v) is 6.31. The fourth-order valence-corrected chi connectivity index (χ4v) is 2.27. The Balaban J connectivity index is 2.25. The van der Waals surface area contributed by atoms with Gasteiger partial charge in [0.05, 0.1) is 0 Å². The van der Waals surface area contributed by atoms with E-state index in [9.17, 15) is 0 Å². The molecule has 1 unspecified atom stereocenters. The van der Waals surface area contributed by atoms with E-state index in [0.29, 0.717) is 0 Å². The van der Waals surface area contributed by atoms with Crippen molar-refractivity contribution < 1.29 is 0 Å². The van der Waals surface area contributed by atoms with Gasteiger partial charge < -0.3 is 5.73 Å². The minimum absolute atomic E-state index is 0.382. The van der Waals surface area contributed by atoms with Gasteiger partial charge in [-0.3, -0.25) is 4.98 Å². The molecule has 2 aromatic rings. The lowest BCUT2D eigenvalue weighted by Crippen LogP contribution is -2.35. The smallest absolute Gasteiger partial charge is 0.0422 e. The minimum atomic E-state index is -0.382. The molecule has 0 radical (unpaired) electrons. The molecule has 0 aliphatic carbocycles. The highest BCUT2D eigenvalue weighted by molar-refractivity contribution is 9.10. The average Bonchev–Trinajstić information content (AvgIpc) is 2.30. The topological polar surface area (TPSA) is 38.9 Å². The Hall–Kier alpha value is -1.19. The molecule has 1 atom stereocenters. The van der Waals surface area contributed by atoms with Crippen molar-refractivity contribution >= 4 is 15.9 Å². The highest BCUT2D eigenvalue weighted by Gasteiger charge is 2.21. The third-order valence-electron chi connectivity index (χ3n) is 2.78. The molecule has 3 heteroatoms. The standard InChI is InChI=1S/C14H15BrN2/c1-14(16,9-11-4-3-7-17-10-11)12-5-2-6-13(15)8-12/h2-8,10H,9,16H2,1H3. The number of pyridine rings is 1. The summed E-state index contributed by atoms with van der Waals surface area (Å²) >= 11 is 3.47. The molecule has 0 bridgehead atoms. The molecule has 2 nitrogen and oxygen atoms in total. The summed E-state index contributed by atoms with van der Waals surface area (Å²) in [5.41, 5.74) is 8.28. The first-order chi connectivity index (χ1) is 8.08. The van der Waals surface area contributed by atoms with Crippen LogP contribution in [0.25, 0.3) is 0 Å². The van der Waals surface area contributed by atoms with Gasteiger partial charge in [0.2, 0.25) is 0 Å². The summed E-state index contributed by atoms with van der Waals surface area (Å²) < 4.78 is 1.05.